The van der Waals surface area contributed by atoms with E-state index < -0.39 is 6.04 Å². The maximum absolute atomic E-state index is 12.6. The summed E-state index contributed by atoms with van der Waals surface area (Å²) in [5.74, 6) is 0.195. The van der Waals surface area contributed by atoms with Crippen LogP contribution in [0.15, 0.2) is 48.5 Å². The fourth-order valence-corrected chi connectivity index (χ4v) is 3.04. The Kier molecular flexibility index (Phi) is 6.16. The second-order valence-corrected chi connectivity index (χ2v) is 7.10. The molecule has 1 N–H and O–H groups in total. The Morgan fingerprint density at radius 1 is 1.14 bits per heavy atom. The molecule has 2 amide bonds. The van der Waals surface area contributed by atoms with Crippen LogP contribution in [0.5, 0.6) is 11.5 Å². The average Bonchev–Trinajstić information content (AvgIpc) is 2.71. The lowest BCUT2D eigenvalue weighted by Crippen LogP contribution is -2.52. The Labute approximate surface area is 169 Å². The van der Waals surface area contributed by atoms with Crippen LogP contribution in [0.4, 0.5) is 5.69 Å². The lowest BCUT2D eigenvalue weighted by atomic mass is 10.1. The van der Waals surface area contributed by atoms with Gasteiger partial charge < -0.3 is 14.8 Å². The Hall–Kier alpha value is -3.35. The average molecular weight is 396 g/mol. The summed E-state index contributed by atoms with van der Waals surface area (Å²) in [6.45, 7) is 5.06. The molecule has 1 atom stereocenters. The summed E-state index contributed by atoms with van der Waals surface area (Å²) in [7, 11) is 0. The molecule has 152 valence electrons. The summed E-state index contributed by atoms with van der Waals surface area (Å²) >= 11 is 0. The van der Waals surface area contributed by atoms with Crippen molar-refractivity contribution >= 4 is 23.3 Å². The lowest BCUT2D eigenvalue weighted by Gasteiger charge is -2.33. The highest BCUT2D eigenvalue weighted by atomic mass is 16.5. The van der Waals surface area contributed by atoms with Gasteiger partial charge in [-0.05, 0) is 51.1 Å². The van der Waals surface area contributed by atoms with Gasteiger partial charge in [-0.1, -0.05) is 18.2 Å². The summed E-state index contributed by atoms with van der Waals surface area (Å²) in [6.07, 6.45) is 0. The number of para-hydroxylation sites is 1. The highest BCUT2D eigenvalue weighted by Crippen LogP contribution is 2.34. The number of carbonyl (C=O) groups excluding carboxylic acids is 3. The molecule has 7 heteroatoms. The van der Waals surface area contributed by atoms with Crippen molar-refractivity contribution in [3.63, 3.8) is 0 Å². The predicted molar refractivity (Wildman–Crippen MR) is 108 cm³/mol. The minimum absolute atomic E-state index is 0.0522. The third-order valence-electron chi connectivity index (χ3n) is 4.47. The molecule has 0 fully saturated rings. The minimum atomic E-state index is -0.738. The van der Waals surface area contributed by atoms with Crippen LogP contribution in [0.25, 0.3) is 0 Å². The Bertz CT molecular complexity index is 911. The molecule has 0 unspecified atom stereocenters. The van der Waals surface area contributed by atoms with Crippen LogP contribution >= 0.6 is 0 Å². The van der Waals surface area contributed by atoms with Gasteiger partial charge in [-0.2, -0.15) is 0 Å². The van der Waals surface area contributed by atoms with E-state index >= 15 is 0 Å². The maximum atomic E-state index is 12.6. The van der Waals surface area contributed by atoms with Crippen molar-refractivity contribution in [1.82, 2.24) is 5.32 Å². The molecule has 1 aliphatic heterocycles. The Morgan fingerprint density at radius 2 is 1.86 bits per heavy atom. The van der Waals surface area contributed by atoms with Crippen molar-refractivity contribution in [3.8, 4) is 11.5 Å². The minimum Gasteiger partial charge on any atom is -0.485 e. The molecule has 0 radical (unpaired) electrons. The number of hydrogen-bond donors (Lipinski definition) is 1. The van der Waals surface area contributed by atoms with E-state index in [0.717, 1.165) is 0 Å². The van der Waals surface area contributed by atoms with Crippen LogP contribution in [-0.4, -0.2) is 42.9 Å². The smallest absolute Gasteiger partial charge is 0.265 e. The molecule has 0 aromatic heterocycles. The van der Waals surface area contributed by atoms with Gasteiger partial charge in [0.05, 0.1) is 5.69 Å². The molecule has 29 heavy (non-hydrogen) atoms. The van der Waals surface area contributed by atoms with Crippen LogP contribution in [0.3, 0.4) is 0 Å². The van der Waals surface area contributed by atoms with Crippen LogP contribution in [0, 0.1) is 0 Å². The first-order valence-corrected chi connectivity index (χ1v) is 9.47. The number of rotatable bonds is 7. The van der Waals surface area contributed by atoms with Gasteiger partial charge in [0.15, 0.2) is 19.0 Å². The maximum Gasteiger partial charge on any atom is 0.265 e. The summed E-state index contributed by atoms with van der Waals surface area (Å²) in [5, 5.41) is 2.81. The summed E-state index contributed by atoms with van der Waals surface area (Å²) in [6, 6.07) is 13.1. The fourth-order valence-electron chi connectivity index (χ4n) is 3.04. The Balaban J connectivity index is 1.81. The monoisotopic (exact) mass is 396 g/mol. The number of hydrogen-bond acceptors (Lipinski definition) is 5. The summed E-state index contributed by atoms with van der Waals surface area (Å²) in [4.78, 5) is 38.9. The SMILES string of the molecule is CC(C)NC(=O)[C@@H](C)N1C(=O)COc2ccc(C(=O)COc3ccccc3)cc21. The van der Waals surface area contributed by atoms with Crippen molar-refractivity contribution in [2.45, 2.75) is 32.9 Å². The van der Waals surface area contributed by atoms with Gasteiger partial charge in [0.1, 0.15) is 17.5 Å². The van der Waals surface area contributed by atoms with E-state index in [2.05, 4.69) is 5.32 Å². The zero-order valence-electron chi connectivity index (χ0n) is 16.7. The standard InChI is InChI=1S/C22H24N2O5/c1-14(2)23-22(27)15(3)24-18-11-16(9-10-20(18)29-13-21(24)26)19(25)12-28-17-7-5-4-6-8-17/h4-11,14-15H,12-13H2,1-3H3,(H,23,27)/t15-/m1/s1. The van der Waals surface area contributed by atoms with Gasteiger partial charge in [-0.15, -0.1) is 0 Å². The molecule has 3 rings (SSSR count). The number of nitrogens with zero attached hydrogens (tertiary/aromatic N) is 1. The lowest BCUT2D eigenvalue weighted by molar-refractivity contribution is -0.127. The number of benzene rings is 2. The van der Waals surface area contributed by atoms with E-state index in [-0.39, 0.29) is 36.9 Å². The number of nitrogens with one attached hydrogen (secondary N) is 1. The van der Waals surface area contributed by atoms with Crippen molar-refractivity contribution in [2.24, 2.45) is 0 Å². The van der Waals surface area contributed by atoms with Gasteiger partial charge in [0, 0.05) is 11.6 Å². The van der Waals surface area contributed by atoms with Crippen molar-refractivity contribution < 1.29 is 23.9 Å². The molecule has 2 aromatic rings. The van der Waals surface area contributed by atoms with Crippen LogP contribution in [0.1, 0.15) is 31.1 Å². The molecule has 0 aliphatic carbocycles. The van der Waals surface area contributed by atoms with Gasteiger partial charge >= 0.3 is 0 Å². The first-order valence-electron chi connectivity index (χ1n) is 9.47. The first-order chi connectivity index (χ1) is 13.9. The van der Waals surface area contributed by atoms with Gasteiger partial charge in [0.25, 0.3) is 5.91 Å². The largest absolute Gasteiger partial charge is 0.485 e. The predicted octanol–water partition coefficient (Wildman–Crippen LogP) is 2.59. The van der Waals surface area contributed by atoms with E-state index in [0.29, 0.717) is 22.7 Å². The van der Waals surface area contributed by atoms with E-state index in [1.807, 2.05) is 32.0 Å². The number of fused-ring (bicyclic) bond motifs is 1. The molecular weight excluding hydrogens is 372 g/mol. The highest BCUT2D eigenvalue weighted by molar-refractivity contribution is 6.05. The van der Waals surface area contributed by atoms with E-state index in [4.69, 9.17) is 9.47 Å². The van der Waals surface area contributed by atoms with Gasteiger partial charge in [0.2, 0.25) is 5.91 Å². The second-order valence-electron chi connectivity index (χ2n) is 7.10. The van der Waals surface area contributed by atoms with E-state index in [1.165, 1.54) is 4.90 Å². The second kappa shape index (κ2) is 8.77. The van der Waals surface area contributed by atoms with Crippen LogP contribution in [-0.2, 0) is 9.59 Å². The van der Waals surface area contributed by atoms with Crippen LogP contribution < -0.4 is 19.7 Å². The summed E-state index contributed by atoms with van der Waals surface area (Å²) in [5.41, 5.74) is 0.776. The molecule has 0 saturated heterocycles. The topological polar surface area (TPSA) is 84.9 Å². The highest BCUT2D eigenvalue weighted by Gasteiger charge is 2.33. The number of carbonyl (C=O) groups is 3. The quantitative estimate of drug-likeness (QED) is 0.727. The Morgan fingerprint density at radius 3 is 2.55 bits per heavy atom. The number of amides is 2. The number of ketones is 1. The van der Waals surface area contributed by atoms with Crippen molar-refractivity contribution in [1.29, 1.82) is 0 Å². The van der Waals surface area contributed by atoms with Crippen molar-refractivity contribution in [3.05, 3.63) is 54.1 Å². The molecule has 0 spiro atoms. The van der Waals surface area contributed by atoms with Gasteiger partial charge in [-0.3, -0.25) is 19.3 Å². The number of ether oxygens (including phenoxy) is 2. The van der Waals surface area contributed by atoms with Crippen molar-refractivity contribution in [2.75, 3.05) is 18.1 Å². The van der Waals surface area contributed by atoms with E-state index in [9.17, 15) is 14.4 Å². The fraction of sp³-hybridized carbons (Fsp3) is 0.318. The molecule has 0 saturated carbocycles. The third-order valence-corrected chi connectivity index (χ3v) is 4.47. The molecule has 2 aromatic carbocycles. The molecule has 0 bridgehead atoms. The van der Waals surface area contributed by atoms with Crippen LogP contribution in [0.2, 0.25) is 0 Å². The number of Topliss-reactive ketones (excluding diaryl/α,β-unsaturated/α-hetero) is 1. The third kappa shape index (κ3) is 4.74. The molecular formula is C22H24N2O5. The zero-order valence-corrected chi connectivity index (χ0v) is 16.7. The molecule has 7 nitrogen and oxygen atoms in total. The summed E-state index contributed by atoms with van der Waals surface area (Å²) < 4.78 is 11.0. The first kappa shape index (κ1) is 20.4. The normalized spacial score (nSPS) is 14.1. The van der Waals surface area contributed by atoms with Gasteiger partial charge in [-0.25, -0.2) is 0 Å². The zero-order chi connectivity index (χ0) is 21.0. The number of anilines is 1. The molecule has 1 aliphatic rings. The molecule has 1 heterocycles. The van der Waals surface area contributed by atoms with E-state index in [1.54, 1.807) is 37.3 Å².